The first-order valence-electron chi connectivity index (χ1n) is 5.88. The first-order valence-corrected chi connectivity index (χ1v) is 5.88. The number of nitriles is 1. The summed E-state index contributed by atoms with van der Waals surface area (Å²) in [5.41, 5.74) is 5.15. The van der Waals surface area contributed by atoms with Crippen LogP contribution in [0.3, 0.4) is 0 Å². The summed E-state index contributed by atoms with van der Waals surface area (Å²) >= 11 is 0. The second kappa shape index (κ2) is 5.68. The zero-order valence-electron chi connectivity index (χ0n) is 10.5. The van der Waals surface area contributed by atoms with Crippen LogP contribution in [-0.2, 0) is 5.54 Å². The summed E-state index contributed by atoms with van der Waals surface area (Å²) in [6.07, 6.45) is 0. The third-order valence-corrected chi connectivity index (χ3v) is 2.79. The molecule has 1 unspecified atom stereocenters. The van der Waals surface area contributed by atoms with E-state index in [1.807, 2.05) is 6.07 Å². The number of ether oxygens (including phenoxy) is 1. The minimum absolute atomic E-state index is 0.0106. The molecule has 0 aliphatic carbocycles. The molecule has 1 atom stereocenters. The molecule has 2 rings (SSSR count). The summed E-state index contributed by atoms with van der Waals surface area (Å²) < 4.78 is 31.3. The lowest BCUT2D eigenvalue weighted by Crippen LogP contribution is -2.41. The van der Waals surface area contributed by atoms with Crippen molar-refractivity contribution in [1.82, 2.24) is 0 Å². The Hall–Kier alpha value is -2.45. The summed E-state index contributed by atoms with van der Waals surface area (Å²) in [6.45, 7) is -0.212. The molecule has 2 N–H and O–H groups in total. The van der Waals surface area contributed by atoms with Crippen molar-refractivity contribution >= 4 is 0 Å². The van der Waals surface area contributed by atoms with Crippen LogP contribution in [0.1, 0.15) is 5.56 Å². The third kappa shape index (κ3) is 3.11. The number of nitrogens with two attached hydrogens (primary N) is 1. The largest absolute Gasteiger partial charge is 0.490 e. The van der Waals surface area contributed by atoms with Gasteiger partial charge in [0.05, 0.1) is 6.07 Å². The summed E-state index contributed by atoms with van der Waals surface area (Å²) in [7, 11) is 0. The van der Waals surface area contributed by atoms with E-state index in [0.717, 1.165) is 18.2 Å². The van der Waals surface area contributed by atoms with Gasteiger partial charge >= 0.3 is 0 Å². The highest BCUT2D eigenvalue weighted by Gasteiger charge is 2.28. The minimum atomic E-state index is -1.38. The van der Waals surface area contributed by atoms with Gasteiger partial charge in [-0.3, -0.25) is 0 Å². The standard InChI is InChI=1S/C15H12F2N2O/c16-12-6-13(17)8-14(7-12)20-10-15(19,9-18)11-4-2-1-3-5-11/h1-8H,10,19H2. The van der Waals surface area contributed by atoms with E-state index in [4.69, 9.17) is 10.5 Å². The Kier molecular flexibility index (Phi) is 3.97. The lowest BCUT2D eigenvalue weighted by atomic mass is 9.94. The minimum Gasteiger partial charge on any atom is -0.490 e. The molecule has 0 spiro atoms. The second-order valence-corrected chi connectivity index (χ2v) is 4.34. The zero-order chi connectivity index (χ0) is 14.6. The molecule has 5 heteroatoms. The Morgan fingerprint density at radius 3 is 2.25 bits per heavy atom. The van der Waals surface area contributed by atoms with Gasteiger partial charge in [0.15, 0.2) is 5.54 Å². The SMILES string of the molecule is N#CC(N)(COc1cc(F)cc(F)c1)c1ccccc1. The molecule has 0 saturated carbocycles. The van der Waals surface area contributed by atoms with E-state index >= 15 is 0 Å². The maximum atomic E-state index is 13.0. The van der Waals surface area contributed by atoms with Gasteiger partial charge in [0.1, 0.15) is 24.0 Å². The summed E-state index contributed by atoms with van der Waals surface area (Å²) in [5, 5.41) is 9.22. The van der Waals surface area contributed by atoms with Crippen molar-refractivity contribution in [3.05, 3.63) is 65.7 Å². The molecule has 102 valence electrons. The van der Waals surface area contributed by atoms with Crippen molar-refractivity contribution in [3.8, 4) is 11.8 Å². The van der Waals surface area contributed by atoms with E-state index in [1.165, 1.54) is 0 Å². The Morgan fingerprint density at radius 1 is 1.10 bits per heavy atom. The van der Waals surface area contributed by atoms with Gasteiger partial charge in [0.2, 0.25) is 0 Å². The van der Waals surface area contributed by atoms with Gasteiger partial charge in [-0.1, -0.05) is 30.3 Å². The maximum absolute atomic E-state index is 13.0. The normalized spacial score (nSPS) is 13.3. The van der Waals surface area contributed by atoms with E-state index < -0.39 is 17.2 Å². The van der Waals surface area contributed by atoms with Crippen LogP contribution in [0.2, 0.25) is 0 Å². The van der Waals surface area contributed by atoms with Gasteiger partial charge in [-0.2, -0.15) is 5.26 Å². The highest BCUT2D eigenvalue weighted by atomic mass is 19.1. The number of halogens is 2. The summed E-state index contributed by atoms with van der Waals surface area (Å²) in [6, 6.07) is 13.4. The fourth-order valence-corrected chi connectivity index (χ4v) is 1.72. The average Bonchev–Trinajstić information content (AvgIpc) is 2.45. The highest BCUT2D eigenvalue weighted by Crippen LogP contribution is 2.21. The van der Waals surface area contributed by atoms with Crippen LogP contribution in [0.15, 0.2) is 48.5 Å². The Bertz CT molecular complexity index is 620. The fraction of sp³-hybridized carbons (Fsp3) is 0.133. The van der Waals surface area contributed by atoms with Crippen molar-refractivity contribution in [1.29, 1.82) is 5.26 Å². The van der Waals surface area contributed by atoms with Crippen molar-refractivity contribution in [3.63, 3.8) is 0 Å². The molecular formula is C15H12F2N2O. The lowest BCUT2D eigenvalue weighted by Gasteiger charge is -2.22. The fourth-order valence-electron chi connectivity index (χ4n) is 1.72. The van der Waals surface area contributed by atoms with Crippen LogP contribution in [0.25, 0.3) is 0 Å². The Balaban J connectivity index is 2.17. The van der Waals surface area contributed by atoms with Crippen molar-refractivity contribution < 1.29 is 13.5 Å². The third-order valence-electron chi connectivity index (χ3n) is 2.79. The van der Waals surface area contributed by atoms with E-state index in [9.17, 15) is 14.0 Å². The summed E-state index contributed by atoms with van der Waals surface area (Å²) in [5.74, 6) is -1.51. The van der Waals surface area contributed by atoms with Crippen LogP contribution < -0.4 is 10.5 Å². The first-order chi connectivity index (χ1) is 9.53. The molecule has 0 aliphatic rings. The number of hydrogen-bond acceptors (Lipinski definition) is 3. The molecular weight excluding hydrogens is 262 g/mol. The Morgan fingerprint density at radius 2 is 1.70 bits per heavy atom. The van der Waals surface area contributed by atoms with Crippen molar-refractivity contribution in [2.75, 3.05) is 6.61 Å². The van der Waals surface area contributed by atoms with Gasteiger partial charge in [-0.05, 0) is 5.56 Å². The molecule has 2 aromatic carbocycles. The zero-order valence-corrected chi connectivity index (χ0v) is 10.5. The number of benzene rings is 2. The van der Waals surface area contributed by atoms with E-state index in [1.54, 1.807) is 30.3 Å². The molecule has 2 aromatic rings. The predicted octanol–water partition coefficient (Wildman–Crippen LogP) is 2.72. The molecule has 0 saturated heterocycles. The van der Waals surface area contributed by atoms with Crippen LogP contribution >= 0.6 is 0 Å². The van der Waals surface area contributed by atoms with Gasteiger partial charge in [-0.15, -0.1) is 0 Å². The molecule has 0 aromatic heterocycles. The molecule has 0 amide bonds. The van der Waals surface area contributed by atoms with E-state index in [-0.39, 0.29) is 12.4 Å². The van der Waals surface area contributed by atoms with Gasteiger partial charge in [0, 0.05) is 18.2 Å². The molecule has 0 heterocycles. The number of rotatable bonds is 4. The van der Waals surface area contributed by atoms with Crippen LogP contribution in [0, 0.1) is 23.0 Å². The second-order valence-electron chi connectivity index (χ2n) is 4.34. The van der Waals surface area contributed by atoms with Gasteiger partial charge < -0.3 is 10.5 Å². The topological polar surface area (TPSA) is 59.0 Å². The maximum Gasteiger partial charge on any atom is 0.164 e. The van der Waals surface area contributed by atoms with Gasteiger partial charge in [-0.25, -0.2) is 8.78 Å². The predicted molar refractivity (Wildman–Crippen MR) is 69.8 cm³/mol. The van der Waals surface area contributed by atoms with Crippen molar-refractivity contribution in [2.45, 2.75) is 5.54 Å². The Labute approximate surface area is 115 Å². The number of nitrogens with zero attached hydrogens (tertiary/aromatic N) is 1. The highest BCUT2D eigenvalue weighted by molar-refractivity contribution is 5.32. The molecule has 3 nitrogen and oxygen atoms in total. The molecule has 0 bridgehead atoms. The monoisotopic (exact) mass is 274 g/mol. The molecule has 0 radical (unpaired) electrons. The molecule has 0 aliphatic heterocycles. The van der Waals surface area contributed by atoms with Crippen LogP contribution in [-0.4, -0.2) is 6.61 Å². The quantitative estimate of drug-likeness (QED) is 0.932. The van der Waals surface area contributed by atoms with Crippen LogP contribution in [0.4, 0.5) is 8.78 Å². The summed E-state index contributed by atoms with van der Waals surface area (Å²) in [4.78, 5) is 0. The van der Waals surface area contributed by atoms with Crippen molar-refractivity contribution in [2.24, 2.45) is 5.73 Å². The van der Waals surface area contributed by atoms with E-state index in [2.05, 4.69) is 0 Å². The first kappa shape index (κ1) is 14.0. The van der Waals surface area contributed by atoms with Gasteiger partial charge in [0.25, 0.3) is 0 Å². The lowest BCUT2D eigenvalue weighted by molar-refractivity contribution is 0.253. The smallest absolute Gasteiger partial charge is 0.164 e. The molecule has 20 heavy (non-hydrogen) atoms. The average molecular weight is 274 g/mol. The molecule has 0 fully saturated rings. The van der Waals surface area contributed by atoms with E-state index in [0.29, 0.717) is 5.56 Å². The number of hydrogen-bond donors (Lipinski definition) is 1. The van der Waals surface area contributed by atoms with Crippen LogP contribution in [0.5, 0.6) is 5.75 Å².